The maximum Gasteiger partial charge on any atom is 0.270 e. The molecule has 3 rings (SSSR count). The van der Waals surface area contributed by atoms with Crippen LogP contribution in [0.4, 0.5) is 5.69 Å². The summed E-state index contributed by atoms with van der Waals surface area (Å²) in [4.78, 5) is 17.6. The highest BCUT2D eigenvalue weighted by atomic mass is 35.5. The summed E-state index contributed by atoms with van der Waals surface area (Å²) in [5, 5.41) is 14.6. The molecule has 1 aliphatic heterocycles. The number of nitro groups is 1. The van der Waals surface area contributed by atoms with Gasteiger partial charge < -0.3 is 14.6 Å². The van der Waals surface area contributed by atoms with Crippen LogP contribution in [0.2, 0.25) is 0 Å². The number of non-ortho nitro benzene ring substituents is 1. The SMILES string of the molecule is CC(C)Oc1ccc([N+](=O)[O-])cc1CN1CCNCC1c1nccn1C.Cl. The summed E-state index contributed by atoms with van der Waals surface area (Å²) >= 11 is 0. The molecule has 27 heavy (non-hydrogen) atoms. The zero-order valence-corrected chi connectivity index (χ0v) is 16.6. The summed E-state index contributed by atoms with van der Waals surface area (Å²) in [5.41, 5.74) is 0.911. The fraction of sp³-hybridized carbons (Fsp3) is 0.500. The van der Waals surface area contributed by atoms with Crippen LogP contribution in [0.15, 0.2) is 30.6 Å². The Balaban J connectivity index is 0.00000261. The van der Waals surface area contributed by atoms with Crippen molar-refractivity contribution in [2.75, 3.05) is 19.6 Å². The molecule has 0 bridgehead atoms. The Labute approximate surface area is 165 Å². The Morgan fingerprint density at radius 2 is 2.22 bits per heavy atom. The standard InChI is InChI=1S/C18H25N5O3.ClH/c1-13(2)26-17-5-4-15(23(24)25)10-14(17)12-22-9-6-19-11-16(22)18-20-7-8-21(18)3;/h4-5,7-8,10,13,16,19H,6,9,11-12H2,1-3H3;1H. The number of rotatable bonds is 6. The Morgan fingerprint density at radius 1 is 1.44 bits per heavy atom. The van der Waals surface area contributed by atoms with E-state index in [4.69, 9.17) is 4.74 Å². The van der Waals surface area contributed by atoms with Gasteiger partial charge in [0.05, 0.1) is 17.1 Å². The molecule has 1 saturated heterocycles. The second-order valence-electron chi connectivity index (χ2n) is 6.80. The number of nitro benzene ring substituents is 1. The van der Waals surface area contributed by atoms with Crippen molar-refractivity contribution in [1.82, 2.24) is 19.8 Å². The second-order valence-corrected chi connectivity index (χ2v) is 6.80. The highest BCUT2D eigenvalue weighted by Gasteiger charge is 2.28. The van der Waals surface area contributed by atoms with Gasteiger partial charge in [-0.1, -0.05) is 0 Å². The zero-order valence-electron chi connectivity index (χ0n) is 15.8. The van der Waals surface area contributed by atoms with Gasteiger partial charge in [0.2, 0.25) is 0 Å². The van der Waals surface area contributed by atoms with Crippen LogP contribution in [-0.2, 0) is 13.6 Å². The lowest BCUT2D eigenvalue weighted by molar-refractivity contribution is -0.385. The summed E-state index contributed by atoms with van der Waals surface area (Å²) in [5.74, 6) is 1.68. The van der Waals surface area contributed by atoms with Crippen molar-refractivity contribution in [3.63, 3.8) is 0 Å². The molecular weight excluding hydrogens is 370 g/mol. The molecule has 0 saturated carbocycles. The van der Waals surface area contributed by atoms with Gasteiger partial charge in [-0.05, 0) is 19.9 Å². The molecule has 2 heterocycles. The van der Waals surface area contributed by atoms with Crippen molar-refractivity contribution in [3.05, 3.63) is 52.1 Å². The Morgan fingerprint density at radius 3 is 2.85 bits per heavy atom. The Hall–Kier alpha value is -2.16. The third-order valence-electron chi connectivity index (χ3n) is 4.50. The Kier molecular flexibility index (Phi) is 7.18. The Bertz CT molecular complexity index is 780. The highest BCUT2D eigenvalue weighted by molar-refractivity contribution is 5.85. The molecule has 0 spiro atoms. The van der Waals surface area contributed by atoms with E-state index in [9.17, 15) is 10.1 Å². The molecule has 1 aromatic heterocycles. The van der Waals surface area contributed by atoms with Gasteiger partial charge >= 0.3 is 0 Å². The third-order valence-corrected chi connectivity index (χ3v) is 4.50. The first kappa shape index (κ1) is 21.1. The molecule has 1 atom stereocenters. The number of nitrogens with zero attached hydrogens (tertiary/aromatic N) is 4. The second kappa shape index (κ2) is 9.16. The molecular formula is C18H26ClN5O3. The molecule has 0 radical (unpaired) electrons. The molecule has 2 aromatic rings. The third kappa shape index (κ3) is 4.97. The van der Waals surface area contributed by atoms with Crippen LogP contribution in [0.25, 0.3) is 0 Å². The van der Waals surface area contributed by atoms with Crippen molar-refractivity contribution < 1.29 is 9.66 Å². The summed E-state index contributed by atoms with van der Waals surface area (Å²) in [7, 11) is 1.98. The van der Waals surface area contributed by atoms with E-state index in [0.29, 0.717) is 12.3 Å². The minimum Gasteiger partial charge on any atom is -0.491 e. The van der Waals surface area contributed by atoms with Crippen molar-refractivity contribution in [3.8, 4) is 5.75 Å². The van der Waals surface area contributed by atoms with E-state index >= 15 is 0 Å². The number of imidazole rings is 1. The molecule has 1 unspecified atom stereocenters. The van der Waals surface area contributed by atoms with Crippen LogP contribution in [-0.4, -0.2) is 45.1 Å². The molecule has 8 nitrogen and oxygen atoms in total. The van der Waals surface area contributed by atoms with Crippen molar-refractivity contribution in [2.24, 2.45) is 7.05 Å². The minimum absolute atomic E-state index is 0. The lowest BCUT2D eigenvalue weighted by atomic mass is 10.1. The van der Waals surface area contributed by atoms with Crippen molar-refractivity contribution in [2.45, 2.75) is 32.5 Å². The minimum atomic E-state index is -0.364. The highest BCUT2D eigenvalue weighted by Crippen LogP contribution is 2.30. The number of aromatic nitrogens is 2. The molecule has 148 valence electrons. The first-order valence-electron chi connectivity index (χ1n) is 8.81. The fourth-order valence-corrected chi connectivity index (χ4v) is 3.28. The van der Waals surface area contributed by atoms with Crippen molar-refractivity contribution >= 4 is 18.1 Å². The van der Waals surface area contributed by atoms with E-state index in [1.807, 2.05) is 31.7 Å². The van der Waals surface area contributed by atoms with E-state index in [2.05, 4.69) is 15.2 Å². The molecule has 0 amide bonds. The largest absolute Gasteiger partial charge is 0.491 e. The fourth-order valence-electron chi connectivity index (χ4n) is 3.28. The van der Waals surface area contributed by atoms with Crippen LogP contribution in [0.1, 0.15) is 31.3 Å². The van der Waals surface area contributed by atoms with E-state index in [1.165, 1.54) is 6.07 Å². The first-order chi connectivity index (χ1) is 12.5. The summed E-state index contributed by atoms with van der Waals surface area (Å²) in [6.45, 7) is 6.97. The average Bonchev–Trinajstić information content (AvgIpc) is 3.02. The predicted molar refractivity (Wildman–Crippen MR) is 105 cm³/mol. The number of aryl methyl sites for hydroxylation is 1. The molecule has 9 heteroatoms. The van der Waals surface area contributed by atoms with Gasteiger partial charge in [-0.15, -0.1) is 12.4 Å². The number of benzene rings is 1. The monoisotopic (exact) mass is 395 g/mol. The number of hydrogen-bond acceptors (Lipinski definition) is 6. The van der Waals surface area contributed by atoms with Crippen LogP contribution >= 0.6 is 12.4 Å². The smallest absolute Gasteiger partial charge is 0.270 e. The van der Waals surface area contributed by atoms with Gasteiger partial charge in [-0.3, -0.25) is 15.0 Å². The number of piperazine rings is 1. The molecule has 1 fully saturated rings. The lowest BCUT2D eigenvalue weighted by Crippen LogP contribution is -2.46. The van der Waals surface area contributed by atoms with Crippen LogP contribution in [0, 0.1) is 10.1 Å². The molecule has 1 N–H and O–H groups in total. The first-order valence-corrected chi connectivity index (χ1v) is 8.81. The van der Waals surface area contributed by atoms with E-state index < -0.39 is 0 Å². The summed E-state index contributed by atoms with van der Waals surface area (Å²) in [6, 6.07) is 4.92. The number of halogens is 1. The van der Waals surface area contributed by atoms with E-state index in [1.54, 1.807) is 18.3 Å². The molecule has 1 aromatic carbocycles. The van der Waals surface area contributed by atoms with Gasteiger partial charge in [0, 0.05) is 63.3 Å². The maximum absolute atomic E-state index is 11.2. The lowest BCUT2D eigenvalue weighted by Gasteiger charge is -2.36. The molecule has 1 aliphatic rings. The van der Waals surface area contributed by atoms with Gasteiger partial charge in [0.25, 0.3) is 5.69 Å². The van der Waals surface area contributed by atoms with Gasteiger partial charge in [-0.25, -0.2) is 4.98 Å². The quantitative estimate of drug-likeness (QED) is 0.597. The van der Waals surface area contributed by atoms with Crippen LogP contribution < -0.4 is 10.1 Å². The molecule has 0 aliphatic carbocycles. The van der Waals surface area contributed by atoms with Gasteiger partial charge in [0.1, 0.15) is 11.6 Å². The zero-order chi connectivity index (χ0) is 18.7. The van der Waals surface area contributed by atoms with Crippen LogP contribution in [0.5, 0.6) is 5.75 Å². The average molecular weight is 396 g/mol. The summed E-state index contributed by atoms with van der Waals surface area (Å²) < 4.78 is 7.90. The number of hydrogen-bond donors (Lipinski definition) is 1. The summed E-state index contributed by atoms with van der Waals surface area (Å²) in [6.07, 6.45) is 3.73. The van der Waals surface area contributed by atoms with Crippen LogP contribution in [0.3, 0.4) is 0 Å². The maximum atomic E-state index is 11.2. The van der Waals surface area contributed by atoms with Gasteiger partial charge in [-0.2, -0.15) is 0 Å². The number of ether oxygens (including phenoxy) is 1. The van der Waals surface area contributed by atoms with E-state index in [0.717, 1.165) is 31.0 Å². The number of nitrogens with one attached hydrogen (secondary N) is 1. The van der Waals surface area contributed by atoms with E-state index in [-0.39, 0.29) is 35.2 Å². The topological polar surface area (TPSA) is 85.5 Å². The normalized spacial score (nSPS) is 17.6. The van der Waals surface area contributed by atoms with Gasteiger partial charge in [0.15, 0.2) is 0 Å². The predicted octanol–water partition coefficient (Wildman–Crippen LogP) is 2.68. The van der Waals surface area contributed by atoms with Crippen molar-refractivity contribution in [1.29, 1.82) is 0 Å².